The van der Waals surface area contributed by atoms with Crippen molar-refractivity contribution in [2.75, 3.05) is 0 Å². The number of nitrogens with zero attached hydrogens (tertiary/aromatic N) is 3. The van der Waals surface area contributed by atoms with Crippen molar-refractivity contribution >= 4 is 0 Å². The molecule has 1 aromatic heterocycles. The van der Waals surface area contributed by atoms with Gasteiger partial charge in [0.15, 0.2) is 0 Å². The van der Waals surface area contributed by atoms with Gasteiger partial charge >= 0.3 is 0 Å². The van der Waals surface area contributed by atoms with Crippen LogP contribution in [0.2, 0.25) is 0 Å². The molecule has 1 atom stereocenters. The second-order valence-electron chi connectivity index (χ2n) is 7.35. The molecule has 1 N–H and O–H groups in total. The largest absolute Gasteiger partial charge is 0.487 e. The molecule has 0 fully saturated rings. The molecule has 2 aliphatic rings. The van der Waals surface area contributed by atoms with Gasteiger partial charge in [-0.3, -0.25) is 0 Å². The number of aryl methyl sites for hydroxylation is 2. The number of benzene rings is 1. The van der Waals surface area contributed by atoms with Crippen LogP contribution in [0.5, 0.6) is 5.75 Å². The minimum absolute atomic E-state index is 0.0703. The summed E-state index contributed by atoms with van der Waals surface area (Å²) in [5.41, 5.74) is 2.58. The Morgan fingerprint density at radius 2 is 2.26 bits per heavy atom. The van der Waals surface area contributed by atoms with E-state index in [1.165, 1.54) is 11.1 Å². The highest BCUT2D eigenvalue weighted by Crippen LogP contribution is 2.35. The van der Waals surface area contributed by atoms with Gasteiger partial charge in [-0.05, 0) is 44.4 Å². The van der Waals surface area contributed by atoms with E-state index in [9.17, 15) is 0 Å². The summed E-state index contributed by atoms with van der Waals surface area (Å²) < 4.78 is 8.00. The van der Waals surface area contributed by atoms with Crippen LogP contribution in [0, 0.1) is 6.92 Å². The summed E-state index contributed by atoms with van der Waals surface area (Å²) in [5, 5.41) is 8.14. The lowest BCUT2D eigenvalue weighted by molar-refractivity contribution is 0.138. The number of ether oxygens (including phenoxy) is 1. The summed E-state index contributed by atoms with van der Waals surface area (Å²) in [7, 11) is 0. The molecule has 1 unspecified atom stereocenters. The van der Waals surface area contributed by atoms with Crippen LogP contribution in [-0.2, 0) is 25.9 Å². The van der Waals surface area contributed by atoms with E-state index in [1.807, 2.05) is 6.92 Å². The van der Waals surface area contributed by atoms with Gasteiger partial charge in [0.2, 0.25) is 0 Å². The van der Waals surface area contributed by atoms with E-state index in [4.69, 9.17) is 4.74 Å². The van der Waals surface area contributed by atoms with Crippen LogP contribution in [0.1, 0.15) is 43.0 Å². The molecule has 0 spiro atoms. The Morgan fingerprint density at radius 3 is 3.13 bits per heavy atom. The third-order valence-corrected chi connectivity index (χ3v) is 4.69. The van der Waals surface area contributed by atoms with Gasteiger partial charge < -0.3 is 10.1 Å². The van der Waals surface area contributed by atoms with Gasteiger partial charge in [0.05, 0.1) is 6.54 Å². The molecule has 122 valence electrons. The molecule has 0 amide bonds. The van der Waals surface area contributed by atoms with E-state index >= 15 is 0 Å². The van der Waals surface area contributed by atoms with Gasteiger partial charge in [-0.1, -0.05) is 12.1 Å². The first kappa shape index (κ1) is 14.7. The molecular weight excluding hydrogens is 288 g/mol. The van der Waals surface area contributed by atoms with Crippen molar-refractivity contribution in [2.45, 2.75) is 64.8 Å². The van der Waals surface area contributed by atoms with Crippen molar-refractivity contribution < 1.29 is 4.74 Å². The fourth-order valence-electron chi connectivity index (χ4n) is 3.64. The van der Waals surface area contributed by atoms with Gasteiger partial charge in [0.25, 0.3) is 0 Å². The van der Waals surface area contributed by atoms with Gasteiger partial charge in [0.1, 0.15) is 23.0 Å². The van der Waals surface area contributed by atoms with Crippen molar-refractivity contribution in [2.24, 2.45) is 0 Å². The fourth-order valence-corrected chi connectivity index (χ4v) is 3.64. The Labute approximate surface area is 137 Å². The van der Waals surface area contributed by atoms with E-state index < -0.39 is 0 Å². The molecule has 5 heteroatoms. The fraction of sp³-hybridized carbons (Fsp3) is 0.556. The molecule has 0 bridgehead atoms. The van der Waals surface area contributed by atoms with E-state index in [2.05, 4.69) is 52.1 Å². The van der Waals surface area contributed by atoms with E-state index in [1.54, 1.807) is 0 Å². The second kappa shape index (κ2) is 5.34. The summed E-state index contributed by atoms with van der Waals surface area (Å²) in [6.07, 6.45) is 3.12. The molecule has 2 aliphatic heterocycles. The Kier molecular flexibility index (Phi) is 3.41. The molecule has 5 nitrogen and oxygen atoms in total. The normalized spacial score (nSPS) is 21.6. The summed E-state index contributed by atoms with van der Waals surface area (Å²) in [5.74, 6) is 3.04. The van der Waals surface area contributed by atoms with Crippen molar-refractivity contribution in [1.82, 2.24) is 20.1 Å². The molecule has 3 heterocycles. The van der Waals surface area contributed by atoms with Crippen LogP contribution in [0.3, 0.4) is 0 Å². The van der Waals surface area contributed by atoms with Crippen molar-refractivity contribution in [3.63, 3.8) is 0 Å². The quantitative estimate of drug-likeness (QED) is 0.945. The zero-order chi connectivity index (χ0) is 16.0. The first-order valence-corrected chi connectivity index (χ1v) is 8.43. The maximum atomic E-state index is 5.95. The smallest absolute Gasteiger partial charge is 0.147 e. The Morgan fingerprint density at radius 1 is 1.39 bits per heavy atom. The first-order valence-electron chi connectivity index (χ1n) is 8.43. The lowest BCUT2D eigenvalue weighted by atomic mass is 10.00. The number of hydrogen-bond acceptors (Lipinski definition) is 4. The van der Waals surface area contributed by atoms with Gasteiger partial charge in [-0.25, -0.2) is 9.67 Å². The van der Waals surface area contributed by atoms with E-state index in [0.717, 1.165) is 49.8 Å². The molecular formula is C18H24N4O. The average Bonchev–Trinajstić information content (AvgIpc) is 3.00. The third-order valence-electron chi connectivity index (χ3n) is 4.69. The Balaban J connectivity index is 1.39. The SMILES string of the molecule is Cc1nc2n(n1)CC(NCc1ccc3c(c1)CC(C)(C)O3)CC2. The second-order valence-corrected chi connectivity index (χ2v) is 7.35. The van der Waals surface area contributed by atoms with E-state index in [0.29, 0.717) is 6.04 Å². The monoisotopic (exact) mass is 312 g/mol. The number of rotatable bonds is 3. The van der Waals surface area contributed by atoms with Crippen LogP contribution < -0.4 is 10.1 Å². The van der Waals surface area contributed by atoms with Crippen molar-refractivity contribution in [3.05, 3.63) is 41.0 Å². The summed E-state index contributed by atoms with van der Waals surface area (Å²) in [6.45, 7) is 8.05. The highest BCUT2D eigenvalue weighted by Gasteiger charge is 2.30. The van der Waals surface area contributed by atoms with Crippen LogP contribution in [0.15, 0.2) is 18.2 Å². The first-order chi connectivity index (χ1) is 11.0. The standard InChI is InChI=1S/C18H24N4O/c1-12-20-17-7-5-15(11-22(17)21-12)19-10-13-4-6-16-14(8-13)9-18(2,3)23-16/h4,6,8,15,19H,5,7,9-11H2,1-3H3. The number of fused-ring (bicyclic) bond motifs is 2. The highest BCUT2D eigenvalue weighted by molar-refractivity contribution is 5.41. The van der Waals surface area contributed by atoms with Crippen molar-refractivity contribution in [1.29, 1.82) is 0 Å². The number of aromatic nitrogens is 3. The van der Waals surface area contributed by atoms with Crippen LogP contribution in [0.4, 0.5) is 0 Å². The predicted octanol–water partition coefficient (Wildman–Crippen LogP) is 2.40. The number of nitrogens with one attached hydrogen (secondary N) is 1. The predicted molar refractivity (Wildman–Crippen MR) is 88.6 cm³/mol. The lowest BCUT2D eigenvalue weighted by Crippen LogP contribution is -2.37. The van der Waals surface area contributed by atoms with E-state index in [-0.39, 0.29) is 5.60 Å². The maximum absolute atomic E-state index is 5.95. The van der Waals surface area contributed by atoms with Gasteiger partial charge in [0, 0.05) is 25.4 Å². The molecule has 0 saturated carbocycles. The third kappa shape index (κ3) is 2.98. The maximum Gasteiger partial charge on any atom is 0.147 e. The van der Waals surface area contributed by atoms with Crippen LogP contribution in [0.25, 0.3) is 0 Å². The molecule has 1 aromatic carbocycles. The molecule has 0 aliphatic carbocycles. The van der Waals surface area contributed by atoms with Crippen molar-refractivity contribution in [3.8, 4) is 5.75 Å². The van der Waals surface area contributed by atoms with Crippen LogP contribution in [-0.4, -0.2) is 26.4 Å². The lowest BCUT2D eigenvalue weighted by Gasteiger charge is -2.23. The summed E-state index contributed by atoms with van der Waals surface area (Å²) in [6, 6.07) is 7.02. The number of hydrogen-bond donors (Lipinski definition) is 1. The molecule has 2 aromatic rings. The van der Waals surface area contributed by atoms with Crippen LogP contribution >= 0.6 is 0 Å². The molecule has 0 radical (unpaired) electrons. The van der Waals surface area contributed by atoms with Gasteiger partial charge in [-0.15, -0.1) is 0 Å². The molecule has 4 rings (SSSR count). The molecule has 23 heavy (non-hydrogen) atoms. The van der Waals surface area contributed by atoms with Gasteiger partial charge in [-0.2, -0.15) is 5.10 Å². The minimum Gasteiger partial charge on any atom is -0.487 e. The zero-order valence-electron chi connectivity index (χ0n) is 14.1. The molecule has 0 saturated heterocycles. The highest BCUT2D eigenvalue weighted by atomic mass is 16.5. The summed E-state index contributed by atoms with van der Waals surface area (Å²) in [4.78, 5) is 4.47. The Hall–Kier alpha value is -1.88. The topological polar surface area (TPSA) is 52.0 Å². The average molecular weight is 312 g/mol. The Bertz CT molecular complexity index is 735. The zero-order valence-corrected chi connectivity index (χ0v) is 14.1. The minimum atomic E-state index is -0.0703. The summed E-state index contributed by atoms with van der Waals surface area (Å²) >= 11 is 0.